The minimum Gasteiger partial charge on any atom is -0.360 e. The van der Waals surface area contributed by atoms with Crippen LogP contribution in [0, 0.1) is 5.92 Å². The summed E-state index contributed by atoms with van der Waals surface area (Å²) in [6, 6.07) is 7.78. The van der Waals surface area contributed by atoms with Gasteiger partial charge in [-0.15, -0.1) is 0 Å². The van der Waals surface area contributed by atoms with Crippen molar-refractivity contribution >= 4 is 22.6 Å². The van der Waals surface area contributed by atoms with Crippen molar-refractivity contribution in [2.75, 3.05) is 26.2 Å². The first-order valence-corrected chi connectivity index (χ1v) is 10.8. The lowest BCUT2D eigenvalue weighted by Gasteiger charge is -2.36. The third-order valence-corrected chi connectivity index (χ3v) is 6.58. The van der Waals surface area contributed by atoms with Gasteiger partial charge in [-0.3, -0.25) is 14.5 Å². The number of carbonyl (C=O) groups is 2. The van der Waals surface area contributed by atoms with Crippen molar-refractivity contribution in [1.82, 2.24) is 14.8 Å². The Labute approximate surface area is 167 Å². The van der Waals surface area contributed by atoms with Crippen LogP contribution in [0.3, 0.4) is 0 Å². The molecule has 4 rings (SSSR count). The number of H-pyrrole nitrogens is 1. The normalized spacial score (nSPS) is 20.8. The maximum Gasteiger partial charge on any atom is 0.225 e. The molecule has 1 aromatic heterocycles. The van der Waals surface area contributed by atoms with Gasteiger partial charge in [0.25, 0.3) is 0 Å². The molecule has 0 bridgehead atoms. The zero-order valence-electron chi connectivity index (χ0n) is 16.8. The second kappa shape index (κ2) is 8.48. The fourth-order valence-corrected chi connectivity index (χ4v) is 4.75. The van der Waals surface area contributed by atoms with E-state index in [1.807, 2.05) is 37.4 Å². The van der Waals surface area contributed by atoms with E-state index in [2.05, 4.69) is 14.8 Å². The molecular formula is C23H31N3O2. The molecule has 2 aliphatic heterocycles. The molecule has 3 heterocycles. The molecule has 1 aromatic carbocycles. The van der Waals surface area contributed by atoms with Crippen molar-refractivity contribution in [2.24, 2.45) is 5.92 Å². The molecule has 1 N–H and O–H groups in total. The van der Waals surface area contributed by atoms with Crippen LogP contribution in [0.15, 0.2) is 30.5 Å². The van der Waals surface area contributed by atoms with Crippen LogP contribution in [0.2, 0.25) is 0 Å². The van der Waals surface area contributed by atoms with Crippen LogP contribution in [0.5, 0.6) is 0 Å². The lowest BCUT2D eigenvalue weighted by molar-refractivity contribution is -0.137. The summed E-state index contributed by atoms with van der Waals surface area (Å²) in [5.74, 6) is 0.636. The van der Waals surface area contributed by atoms with Crippen LogP contribution in [-0.2, 0) is 4.79 Å². The van der Waals surface area contributed by atoms with Crippen molar-refractivity contribution in [1.29, 1.82) is 0 Å². The van der Waals surface area contributed by atoms with Gasteiger partial charge in [0.2, 0.25) is 5.91 Å². The van der Waals surface area contributed by atoms with Crippen molar-refractivity contribution in [2.45, 2.75) is 51.5 Å². The highest BCUT2D eigenvalue weighted by molar-refractivity contribution is 6.10. The number of aromatic amines is 1. The molecule has 1 atom stereocenters. The Hall–Kier alpha value is -2.14. The number of nitrogens with one attached hydrogen (secondary N) is 1. The molecule has 0 spiro atoms. The zero-order chi connectivity index (χ0) is 19.5. The summed E-state index contributed by atoms with van der Waals surface area (Å²) >= 11 is 0. The van der Waals surface area contributed by atoms with Crippen molar-refractivity contribution in [3.05, 3.63) is 36.0 Å². The highest BCUT2D eigenvalue weighted by Crippen LogP contribution is 2.25. The van der Waals surface area contributed by atoms with Gasteiger partial charge < -0.3 is 9.88 Å². The first kappa shape index (κ1) is 19.2. The van der Waals surface area contributed by atoms with Crippen molar-refractivity contribution in [3.63, 3.8) is 0 Å². The Morgan fingerprint density at radius 2 is 1.68 bits per heavy atom. The SMILES string of the molecule is C[C@@H](C(=O)c1c[nH]c2ccccc12)N1CCC(C(=O)N2CCCCCC2)CC1. The summed E-state index contributed by atoms with van der Waals surface area (Å²) in [5.41, 5.74) is 1.77. The van der Waals surface area contributed by atoms with E-state index in [-0.39, 0.29) is 17.7 Å². The third-order valence-electron chi connectivity index (χ3n) is 6.58. The molecule has 2 fully saturated rings. The van der Waals surface area contributed by atoms with Crippen LogP contribution in [0.25, 0.3) is 10.9 Å². The summed E-state index contributed by atoms with van der Waals surface area (Å²) < 4.78 is 0. The molecule has 0 aliphatic carbocycles. The number of hydrogen-bond donors (Lipinski definition) is 1. The summed E-state index contributed by atoms with van der Waals surface area (Å²) in [5, 5.41) is 0.991. The topological polar surface area (TPSA) is 56.4 Å². The van der Waals surface area contributed by atoms with Crippen LogP contribution >= 0.6 is 0 Å². The Bertz CT molecular complexity index is 827. The van der Waals surface area contributed by atoms with Gasteiger partial charge in [-0.25, -0.2) is 0 Å². The predicted molar refractivity (Wildman–Crippen MR) is 111 cm³/mol. The summed E-state index contributed by atoms with van der Waals surface area (Å²) in [6.45, 7) is 5.49. The van der Waals surface area contributed by atoms with E-state index in [1.54, 1.807) is 0 Å². The number of rotatable bonds is 4. The maximum atomic E-state index is 13.1. The number of hydrogen-bond acceptors (Lipinski definition) is 3. The van der Waals surface area contributed by atoms with Gasteiger partial charge in [0, 0.05) is 41.7 Å². The Kier molecular flexibility index (Phi) is 5.81. The number of fused-ring (bicyclic) bond motifs is 1. The smallest absolute Gasteiger partial charge is 0.225 e. The third kappa shape index (κ3) is 3.86. The highest BCUT2D eigenvalue weighted by Gasteiger charge is 2.32. The predicted octanol–water partition coefficient (Wildman–Crippen LogP) is 3.85. The average Bonchev–Trinajstić information content (AvgIpc) is 2.98. The number of Topliss-reactive ketones (excluding diaryl/α,β-unsaturated/α-hetero) is 1. The molecule has 150 valence electrons. The molecule has 0 saturated carbocycles. The first-order valence-electron chi connectivity index (χ1n) is 10.8. The number of ketones is 1. The number of piperidine rings is 1. The standard InChI is InChI=1S/C23H31N3O2/c1-17(22(27)20-16-24-21-9-5-4-8-19(20)21)25-14-10-18(11-15-25)23(28)26-12-6-2-3-7-13-26/h4-5,8-9,16-18,24H,2-3,6-7,10-15H2,1H3/t17-/m0/s1. The van der Waals surface area contributed by atoms with Gasteiger partial charge in [0.15, 0.2) is 5.78 Å². The molecule has 2 aromatic rings. The highest BCUT2D eigenvalue weighted by atomic mass is 16.2. The van der Waals surface area contributed by atoms with E-state index < -0.39 is 0 Å². The van der Waals surface area contributed by atoms with Crippen molar-refractivity contribution in [3.8, 4) is 0 Å². The van der Waals surface area contributed by atoms with Gasteiger partial charge in [-0.1, -0.05) is 31.0 Å². The molecule has 0 radical (unpaired) electrons. The van der Waals surface area contributed by atoms with Crippen LogP contribution in [-0.4, -0.2) is 58.7 Å². The number of benzene rings is 1. The van der Waals surface area contributed by atoms with Gasteiger partial charge >= 0.3 is 0 Å². The average molecular weight is 382 g/mol. The lowest BCUT2D eigenvalue weighted by atomic mass is 9.93. The van der Waals surface area contributed by atoms with E-state index in [0.717, 1.165) is 68.3 Å². The zero-order valence-corrected chi connectivity index (χ0v) is 16.8. The monoisotopic (exact) mass is 381 g/mol. The number of nitrogens with zero attached hydrogens (tertiary/aromatic N) is 2. The fourth-order valence-electron chi connectivity index (χ4n) is 4.75. The van der Waals surface area contributed by atoms with Crippen molar-refractivity contribution < 1.29 is 9.59 Å². The number of carbonyl (C=O) groups excluding carboxylic acids is 2. The summed E-state index contributed by atoms with van der Waals surface area (Å²) in [6.07, 6.45) is 8.33. The van der Waals surface area contributed by atoms with Gasteiger partial charge in [-0.05, 0) is 51.8 Å². The second-order valence-electron chi connectivity index (χ2n) is 8.34. The van der Waals surface area contributed by atoms with E-state index in [9.17, 15) is 9.59 Å². The number of aromatic nitrogens is 1. The molecule has 0 unspecified atom stereocenters. The van der Waals surface area contributed by atoms with Crippen LogP contribution in [0.4, 0.5) is 0 Å². The minimum atomic E-state index is -0.159. The van der Waals surface area contributed by atoms with Gasteiger partial charge in [0.1, 0.15) is 0 Å². The van der Waals surface area contributed by atoms with Crippen LogP contribution in [0.1, 0.15) is 55.8 Å². The molecule has 1 amide bonds. The molecule has 2 aliphatic rings. The van der Waals surface area contributed by atoms with E-state index in [4.69, 9.17) is 0 Å². The fraction of sp³-hybridized carbons (Fsp3) is 0.565. The van der Waals surface area contributed by atoms with E-state index in [0.29, 0.717) is 5.91 Å². The quantitative estimate of drug-likeness (QED) is 0.819. The number of likely N-dealkylation sites (tertiary alicyclic amines) is 2. The number of amides is 1. The van der Waals surface area contributed by atoms with E-state index >= 15 is 0 Å². The largest absolute Gasteiger partial charge is 0.360 e. The second-order valence-corrected chi connectivity index (χ2v) is 8.34. The van der Waals surface area contributed by atoms with E-state index in [1.165, 1.54) is 12.8 Å². The summed E-state index contributed by atoms with van der Waals surface area (Å²) in [4.78, 5) is 33.5. The lowest BCUT2D eigenvalue weighted by Crippen LogP contribution is -2.47. The van der Waals surface area contributed by atoms with Crippen LogP contribution < -0.4 is 0 Å². The number of para-hydroxylation sites is 1. The molecule has 5 nitrogen and oxygen atoms in total. The minimum absolute atomic E-state index is 0.129. The molecule has 28 heavy (non-hydrogen) atoms. The first-order chi connectivity index (χ1) is 13.6. The van der Waals surface area contributed by atoms with Gasteiger partial charge in [-0.2, -0.15) is 0 Å². The summed E-state index contributed by atoms with van der Waals surface area (Å²) in [7, 11) is 0. The Balaban J connectivity index is 1.36. The molecule has 5 heteroatoms. The Morgan fingerprint density at radius 3 is 2.39 bits per heavy atom. The molecule has 2 saturated heterocycles. The molecular weight excluding hydrogens is 350 g/mol. The Morgan fingerprint density at radius 1 is 1.00 bits per heavy atom. The maximum absolute atomic E-state index is 13.1. The van der Waals surface area contributed by atoms with Gasteiger partial charge in [0.05, 0.1) is 6.04 Å².